The van der Waals surface area contributed by atoms with Crippen molar-refractivity contribution in [1.82, 2.24) is 4.90 Å². The van der Waals surface area contributed by atoms with Crippen molar-refractivity contribution >= 4 is 0 Å². The maximum absolute atomic E-state index is 6.45. The Balaban J connectivity index is 2.04. The van der Waals surface area contributed by atoms with Gasteiger partial charge in [0.05, 0.1) is 0 Å². The number of rotatable bonds is 3. The lowest BCUT2D eigenvalue weighted by atomic mass is 9.92. The summed E-state index contributed by atoms with van der Waals surface area (Å²) in [4.78, 5) is 2.56. The van der Waals surface area contributed by atoms with Gasteiger partial charge in [-0.3, -0.25) is 4.90 Å². The summed E-state index contributed by atoms with van der Waals surface area (Å²) in [6.07, 6.45) is 2.61. The molecule has 1 aromatic rings. The van der Waals surface area contributed by atoms with Gasteiger partial charge < -0.3 is 5.73 Å². The van der Waals surface area contributed by atoms with Crippen LogP contribution in [0.25, 0.3) is 0 Å². The molecule has 1 saturated heterocycles. The molecule has 3 atom stereocenters. The summed E-state index contributed by atoms with van der Waals surface area (Å²) in [6.45, 7) is 11.2. The Hall–Kier alpha value is -0.860. The largest absolute Gasteiger partial charge is 0.323 e. The molecule has 1 fully saturated rings. The average Bonchev–Trinajstić information content (AvgIpc) is 2.35. The van der Waals surface area contributed by atoms with Crippen LogP contribution in [-0.4, -0.2) is 24.0 Å². The summed E-state index contributed by atoms with van der Waals surface area (Å²) in [5.74, 6) is 0.864. The summed E-state index contributed by atoms with van der Waals surface area (Å²) in [5.41, 5.74) is 10.4. The minimum absolute atomic E-state index is 0.135. The van der Waals surface area contributed by atoms with Gasteiger partial charge in [-0.1, -0.05) is 30.7 Å². The monoisotopic (exact) mass is 260 g/mol. The van der Waals surface area contributed by atoms with Crippen LogP contribution in [0.5, 0.6) is 0 Å². The fourth-order valence-corrected chi connectivity index (χ4v) is 3.24. The molecule has 2 heteroatoms. The van der Waals surface area contributed by atoms with Crippen LogP contribution in [0, 0.1) is 19.8 Å². The lowest BCUT2D eigenvalue weighted by Crippen LogP contribution is -2.43. The number of hydrogen-bond acceptors (Lipinski definition) is 2. The average molecular weight is 260 g/mol. The van der Waals surface area contributed by atoms with Crippen LogP contribution in [0.4, 0.5) is 0 Å². The van der Waals surface area contributed by atoms with Crippen molar-refractivity contribution in [3.63, 3.8) is 0 Å². The zero-order chi connectivity index (χ0) is 14.0. The number of hydrogen-bond donors (Lipinski definition) is 1. The molecule has 1 aromatic carbocycles. The standard InChI is InChI=1S/C17H28N2/c1-12-5-6-14(3)16(10-12)17(18)11-19-8-7-13(2)9-15(19)4/h5-6,10,13,15,17H,7-9,11,18H2,1-4H3. The van der Waals surface area contributed by atoms with Crippen molar-refractivity contribution in [3.8, 4) is 0 Å². The van der Waals surface area contributed by atoms with Crippen LogP contribution in [0.3, 0.4) is 0 Å². The zero-order valence-corrected chi connectivity index (χ0v) is 12.8. The van der Waals surface area contributed by atoms with Crippen LogP contribution in [-0.2, 0) is 0 Å². The molecule has 2 rings (SSSR count). The second kappa shape index (κ2) is 6.06. The third-order valence-corrected chi connectivity index (χ3v) is 4.54. The Morgan fingerprint density at radius 3 is 2.74 bits per heavy atom. The second-order valence-electron chi connectivity index (χ2n) is 6.44. The third-order valence-electron chi connectivity index (χ3n) is 4.54. The number of likely N-dealkylation sites (tertiary alicyclic amines) is 1. The van der Waals surface area contributed by atoms with Crippen molar-refractivity contribution in [2.75, 3.05) is 13.1 Å². The number of aryl methyl sites for hydroxylation is 2. The minimum Gasteiger partial charge on any atom is -0.323 e. The highest BCUT2D eigenvalue weighted by atomic mass is 15.2. The van der Waals surface area contributed by atoms with E-state index in [1.54, 1.807) is 0 Å². The second-order valence-corrected chi connectivity index (χ2v) is 6.44. The van der Waals surface area contributed by atoms with Crippen molar-refractivity contribution in [2.24, 2.45) is 11.7 Å². The van der Waals surface area contributed by atoms with Crippen LogP contribution >= 0.6 is 0 Å². The van der Waals surface area contributed by atoms with Crippen LogP contribution < -0.4 is 5.73 Å². The Morgan fingerprint density at radius 1 is 1.32 bits per heavy atom. The minimum atomic E-state index is 0.135. The van der Waals surface area contributed by atoms with Gasteiger partial charge in [-0.25, -0.2) is 0 Å². The molecule has 0 radical (unpaired) electrons. The van der Waals surface area contributed by atoms with E-state index in [0.717, 1.165) is 12.5 Å². The molecule has 0 aromatic heterocycles. The molecule has 3 unspecified atom stereocenters. The van der Waals surface area contributed by atoms with Crippen LogP contribution in [0.1, 0.15) is 49.4 Å². The van der Waals surface area contributed by atoms with Crippen molar-refractivity contribution < 1.29 is 0 Å². The molecule has 0 saturated carbocycles. The summed E-state index contributed by atoms with van der Waals surface area (Å²) in [5, 5.41) is 0. The molecule has 2 N–H and O–H groups in total. The van der Waals surface area contributed by atoms with E-state index in [1.165, 1.54) is 36.1 Å². The summed E-state index contributed by atoms with van der Waals surface area (Å²) < 4.78 is 0. The van der Waals surface area contributed by atoms with E-state index >= 15 is 0 Å². The van der Waals surface area contributed by atoms with Gasteiger partial charge in [-0.15, -0.1) is 0 Å². The van der Waals surface area contributed by atoms with E-state index in [-0.39, 0.29) is 6.04 Å². The molecule has 1 aliphatic rings. The SMILES string of the molecule is Cc1ccc(C)c(C(N)CN2CCC(C)CC2C)c1. The van der Waals surface area contributed by atoms with Crippen molar-refractivity contribution in [2.45, 2.75) is 52.6 Å². The highest BCUT2D eigenvalue weighted by molar-refractivity contribution is 5.33. The van der Waals surface area contributed by atoms with Gasteiger partial charge >= 0.3 is 0 Å². The molecule has 0 bridgehead atoms. The first-order valence-electron chi connectivity index (χ1n) is 7.54. The Labute approximate surface area is 118 Å². The maximum atomic E-state index is 6.45. The van der Waals surface area contributed by atoms with Gasteiger partial charge in [0, 0.05) is 18.6 Å². The fraction of sp³-hybridized carbons (Fsp3) is 0.647. The van der Waals surface area contributed by atoms with E-state index < -0.39 is 0 Å². The molecule has 106 valence electrons. The number of nitrogens with zero attached hydrogens (tertiary/aromatic N) is 1. The van der Waals surface area contributed by atoms with Gasteiger partial charge in [0.1, 0.15) is 0 Å². The van der Waals surface area contributed by atoms with Crippen LogP contribution in [0.15, 0.2) is 18.2 Å². The van der Waals surface area contributed by atoms with Crippen LogP contribution in [0.2, 0.25) is 0 Å². The summed E-state index contributed by atoms with van der Waals surface area (Å²) in [7, 11) is 0. The number of piperidine rings is 1. The maximum Gasteiger partial charge on any atom is 0.0427 e. The first-order chi connectivity index (χ1) is 8.97. The molecule has 0 amide bonds. The highest BCUT2D eigenvalue weighted by Gasteiger charge is 2.24. The normalized spacial score (nSPS) is 26.4. The number of nitrogens with two attached hydrogens (primary N) is 1. The topological polar surface area (TPSA) is 29.3 Å². The smallest absolute Gasteiger partial charge is 0.0427 e. The highest BCUT2D eigenvalue weighted by Crippen LogP contribution is 2.25. The Morgan fingerprint density at radius 2 is 2.05 bits per heavy atom. The molecular formula is C17H28N2. The first kappa shape index (κ1) is 14.5. The van der Waals surface area contributed by atoms with Gasteiger partial charge in [0.15, 0.2) is 0 Å². The summed E-state index contributed by atoms with van der Waals surface area (Å²) >= 11 is 0. The lowest BCUT2D eigenvalue weighted by molar-refractivity contribution is 0.122. The van der Waals surface area contributed by atoms with E-state index in [4.69, 9.17) is 5.73 Å². The van der Waals surface area contributed by atoms with Gasteiger partial charge in [-0.2, -0.15) is 0 Å². The predicted octanol–water partition coefficient (Wildman–Crippen LogP) is 3.42. The van der Waals surface area contributed by atoms with E-state index in [0.29, 0.717) is 6.04 Å². The molecule has 0 spiro atoms. The molecule has 2 nitrogen and oxygen atoms in total. The molecular weight excluding hydrogens is 232 g/mol. The van der Waals surface area contributed by atoms with Crippen molar-refractivity contribution in [1.29, 1.82) is 0 Å². The predicted molar refractivity (Wildman–Crippen MR) is 82.3 cm³/mol. The van der Waals surface area contributed by atoms with Gasteiger partial charge in [-0.05, 0) is 57.2 Å². The molecule has 0 aliphatic carbocycles. The molecule has 19 heavy (non-hydrogen) atoms. The van der Waals surface area contributed by atoms with Gasteiger partial charge in [0.2, 0.25) is 0 Å². The van der Waals surface area contributed by atoms with Crippen molar-refractivity contribution in [3.05, 3.63) is 34.9 Å². The lowest BCUT2D eigenvalue weighted by Gasteiger charge is -2.38. The van der Waals surface area contributed by atoms with E-state index in [9.17, 15) is 0 Å². The van der Waals surface area contributed by atoms with Gasteiger partial charge in [0.25, 0.3) is 0 Å². The van der Waals surface area contributed by atoms with E-state index in [1.807, 2.05) is 0 Å². The fourth-order valence-electron chi connectivity index (χ4n) is 3.24. The summed E-state index contributed by atoms with van der Waals surface area (Å²) in [6, 6.07) is 7.40. The molecule has 1 aliphatic heterocycles. The van der Waals surface area contributed by atoms with E-state index in [2.05, 4.69) is 50.8 Å². The quantitative estimate of drug-likeness (QED) is 0.902. The zero-order valence-electron chi connectivity index (χ0n) is 12.8. The Kier molecular flexibility index (Phi) is 4.64. The number of benzene rings is 1. The Bertz CT molecular complexity index is 427. The molecule has 1 heterocycles. The first-order valence-corrected chi connectivity index (χ1v) is 7.54. The third kappa shape index (κ3) is 3.58.